The van der Waals surface area contributed by atoms with Gasteiger partial charge < -0.3 is 0 Å². The first kappa shape index (κ1) is 22.6. The van der Waals surface area contributed by atoms with Crippen molar-refractivity contribution in [2.24, 2.45) is 10.8 Å². The molecule has 0 fully saturated rings. The number of hydrogen-bond donors (Lipinski definition) is 0. The maximum atomic E-state index is 2.44. The summed E-state index contributed by atoms with van der Waals surface area (Å²) in [4.78, 5) is 0. The van der Waals surface area contributed by atoms with Gasteiger partial charge in [0.05, 0.1) is 0 Å². The lowest BCUT2D eigenvalue weighted by atomic mass is 9.73. The fourth-order valence-corrected chi connectivity index (χ4v) is 4.03. The molecule has 0 aliphatic rings. The molecule has 1 heteroatoms. The van der Waals surface area contributed by atoms with Crippen LogP contribution in [-0.2, 0) is 0 Å². The van der Waals surface area contributed by atoms with Crippen LogP contribution in [0, 0.1) is 10.8 Å². The van der Waals surface area contributed by atoms with Crippen LogP contribution in [0.4, 0.5) is 0 Å². The van der Waals surface area contributed by atoms with Gasteiger partial charge in [-0.3, -0.25) is 0 Å². The summed E-state index contributed by atoms with van der Waals surface area (Å²) in [5.74, 6) is 0.754. The SMILES string of the molecule is CCC(CCCCCC(C)(C)CC(C)(C)C)c1ccccc1.S. The van der Waals surface area contributed by atoms with Crippen LogP contribution >= 0.6 is 13.5 Å². The Morgan fingerprint density at radius 1 is 0.870 bits per heavy atom. The zero-order valence-corrected chi connectivity index (χ0v) is 17.4. The lowest BCUT2D eigenvalue weighted by Gasteiger charge is -2.32. The predicted octanol–water partition coefficient (Wildman–Crippen LogP) is 7.71. The van der Waals surface area contributed by atoms with Gasteiger partial charge in [-0.05, 0) is 48.0 Å². The molecule has 0 radical (unpaired) electrons. The second kappa shape index (κ2) is 10.4. The van der Waals surface area contributed by atoms with E-state index in [1.165, 1.54) is 50.5 Å². The van der Waals surface area contributed by atoms with Crippen LogP contribution in [0.3, 0.4) is 0 Å². The Balaban J connectivity index is 0.00000484. The molecule has 1 atom stereocenters. The molecule has 0 nitrogen and oxygen atoms in total. The molecule has 1 aromatic rings. The highest BCUT2D eigenvalue weighted by Crippen LogP contribution is 2.37. The first-order valence-electron chi connectivity index (χ1n) is 9.28. The summed E-state index contributed by atoms with van der Waals surface area (Å²) in [5.41, 5.74) is 2.46. The Kier molecular flexibility index (Phi) is 10.2. The summed E-state index contributed by atoms with van der Waals surface area (Å²) < 4.78 is 0. The quantitative estimate of drug-likeness (QED) is 0.405. The first-order valence-corrected chi connectivity index (χ1v) is 9.28. The van der Waals surface area contributed by atoms with E-state index in [0.717, 1.165) is 5.92 Å². The summed E-state index contributed by atoms with van der Waals surface area (Å²) in [6.45, 7) is 14.3. The van der Waals surface area contributed by atoms with E-state index in [9.17, 15) is 0 Å². The molecule has 134 valence electrons. The molecule has 0 aromatic heterocycles. The van der Waals surface area contributed by atoms with Gasteiger partial charge >= 0.3 is 0 Å². The molecule has 23 heavy (non-hydrogen) atoms. The zero-order chi connectivity index (χ0) is 16.6. The van der Waals surface area contributed by atoms with E-state index in [2.05, 4.69) is 71.9 Å². The van der Waals surface area contributed by atoms with Gasteiger partial charge in [0.1, 0.15) is 0 Å². The number of benzene rings is 1. The minimum absolute atomic E-state index is 0. The lowest BCUT2D eigenvalue weighted by molar-refractivity contribution is 0.193. The van der Waals surface area contributed by atoms with Crippen molar-refractivity contribution in [1.29, 1.82) is 0 Å². The monoisotopic (exact) mass is 336 g/mol. The predicted molar refractivity (Wildman–Crippen MR) is 111 cm³/mol. The molecule has 1 rings (SSSR count). The molecule has 1 unspecified atom stereocenters. The second-order valence-electron chi connectivity index (χ2n) is 9.02. The molecule has 0 saturated heterocycles. The van der Waals surface area contributed by atoms with Crippen molar-refractivity contribution in [2.75, 3.05) is 0 Å². The third-order valence-corrected chi connectivity index (χ3v) is 4.68. The molecule has 1 aromatic carbocycles. The van der Waals surface area contributed by atoms with Crippen molar-refractivity contribution in [3.05, 3.63) is 35.9 Å². The van der Waals surface area contributed by atoms with Crippen molar-refractivity contribution in [3.63, 3.8) is 0 Å². The fourth-order valence-electron chi connectivity index (χ4n) is 4.03. The Labute approximate surface area is 152 Å². The molecule has 0 aliphatic heterocycles. The van der Waals surface area contributed by atoms with Gasteiger partial charge in [0.15, 0.2) is 0 Å². The Morgan fingerprint density at radius 3 is 2.00 bits per heavy atom. The van der Waals surface area contributed by atoms with E-state index in [1.807, 2.05) is 0 Å². The molecule has 0 N–H and O–H groups in total. The van der Waals surface area contributed by atoms with Crippen LogP contribution in [0.1, 0.15) is 98.0 Å². The fraction of sp³-hybridized carbons (Fsp3) is 0.727. The van der Waals surface area contributed by atoms with E-state index in [0.29, 0.717) is 10.8 Å². The summed E-state index contributed by atoms with van der Waals surface area (Å²) in [6, 6.07) is 11.1. The molecule has 0 amide bonds. The van der Waals surface area contributed by atoms with Crippen LogP contribution < -0.4 is 0 Å². The Bertz CT molecular complexity index is 400. The number of rotatable bonds is 9. The first-order chi connectivity index (χ1) is 10.2. The van der Waals surface area contributed by atoms with Gasteiger partial charge in [0.25, 0.3) is 0 Å². The average Bonchev–Trinajstić information content (AvgIpc) is 2.41. The van der Waals surface area contributed by atoms with Crippen LogP contribution in [0.5, 0.6) is 0 Å². The molecular weight excluding hydrogens is 296 g/mol. The van der Waals surface area contributed by atoms with Crippen LogP contribution in [0.15, 0.2) is 30.3 Å². The topological polar surface area (TPSA) is 0 Å². The minimum Gasteiger partial charge on any atom is -0.197 e. The van der Waals surface area contributed by atoms with Crippen molar-refractivity contribution in [2.45, 2.75) is 92.4 Å². The normalized spacial score (nSPS) is 13.5. The maximum Gasteiger partial charge on any atom is -0.0165 e. The lowest BCUT2D eigenvalue weighted by Crippen LogP contribution is -2.20. The van der Waals surface area contributed by atoms with Gasteiger partial charge in [0, 0.05) is 0 Å². The Morgan fingerprint density at radius 2 is 1.48 bits per heavy atom. The van der Waals surface area contributed by atoms with Gasteiger partial charge in [-0.2, -0.15) is 13.5 Å². The highest BCUT2D eigenvalue weighted by Gasteiger charge is 2.24. The van der Waals surface area contributed by atoms with E-state index >= 15 is 0 Å². The van der Waals surface area contributed by atoms with E-state index < -0.39 is 0 Å². The largest absolute Gasteiger partial charge is 0.197 e. The van der Waals surface area contributed by atoms with Crippen molar-refractivity contribution in [3.8, 4) is 0 Å². The molecule has 0 saturated carbocycles. The van der Waals surface area contributed by atoms with Gasteiger partial charge in [0.2, 0.25) is 0 Å². The van der Waals surface area contributed by atoms with Crippen LogP contribution in [0.2, 0.25) is 0 Å². The maximum absolute atomic E-state index is 2.44. The van der Waals surface area contributed by atoms with E-state index in [1.54, 1.807) is 0 Å². The van der Waals surface area contributed by atoms with E-state index in [-0.39, 0.29) is 13.5 Å². The summed E-state index contributed by atoms with van der Waals surface area (Å²) in [6.07, 6.45) is 9.44. The standard InChI is InChI=1S/C22H38.H2S/c1-7-19(20-15-10-8-11-16-20)14-12-9-13-17-22(5,6)18-21(2,3)4;/h8,10-11,15-16,19H,7,9,12-14,17-18H2,1-6H3;1H2. The second-order valence-corrected chi connectivity index (χ2v) is 9.02. The number of hydrogen-bond acceptors (Lipinski definition) is 0. The van der Waals surface area contributed by atoms with Crippen LogP contribution in [-0.4, -0.2) is 0 Å². The van der Waals surface area contributed by atoms with Gasteiger partial charge in [-0.25, -0.2) is 0 Å². The molecule has 0 heterocycles. The Hall–Kier alpha value is -0.430. The average molecular weight is 337 g/mol. The third kappa shape index (κ3) is 10.1. The smallest absolute Gasteiger partial charge is 0.0165 e. The van der Waals surface area contributed by atoms with Crippen LogP contribution in [0.25, 0.3) is 0 Å². The van der Waals surface area contributed by atoms with Gasteiger partial charge in [-0.1, -0.05) is 91.1 Å². The van der Waals surface area contributed by atoms with Crippen molar-refractivity contribution in [1.82, 2.24) is 0 Å². The van der Waals surface area contributed by atoms with Crippen molar-refractivity contribution < 1.29 is 0 Å². The third-order valence-electron chi connectivity index (χ3n) is 4.68. The molecule has 0 spiro atoms. The van der Waals surface area contributed by atoms with Crippen molar-refractivity contribution >= 4 is 13.5 Å². The highest BCUT2D eigenvalue weighted by atomic mass is 32.1. The number of unbranched alkanes of at least 4 members (excludes halogenated alkanes) is 2. The molecule has 0 bridgehead atoms. The summed E-state index contributed by atoms with van der Waals surface area (Å²) >= 11 is 0. The minimum atomic E-state index is 0. The summed E-state index contributed by atoms with van der Waals surface area (Å²) in [7, 11) is 0. The highest BCUT2D eigenvalue weighted by molar-refractivity contribution is 7.59. The van der Waals surface area contributed by atoms with Gasteiger partial charge in [-0.15, -0.1) is 0 Å². The molecule has 0 aliphatic carbocycles. The summed E-state index contributed by atoms with van der Waals surface area (Å²) in [5, 5.41) is 0. The zero-order valence-electron chi connectivity index (χ0n) is 16.4. The van der Waals surface area contributed by atoms with E-state index in [4.69, 9.17) is 0 Å². The molecular formula is C22H40S.